The summed E-state index contributed by atoms with van der Waals surface area (Å²) < 4.78 is 0. The molecule has 0 aliphatic carbocycles. The van der Waals surface area contributed by atoms with Crippen molar-refractivity contribution in [2.45, 2.75) is 0 Å². The van der Waals surface area contributed by atoms with Crippen LogP contribution in [-0.4, -0.2) is 10.7 Å². The Balaban J connectivity index is 1.29. The summed E-state index contributed by atoms with van der Waals surface area (Å²) in [5, 5.41) is 11.3. The van der Waals surface area contributed by atoms with Gasteiger partial charge in [0.2, 0.25) is 0 Å². The maximum absolute atomic E-state index is 9.04. The lowest BCUT2D eigenvalue weighted by Crippen LogP contribution is -1.98. The lowest BCUT2D eigenvalue weighted by molar-refractivity contribution is 1.32. The second kappa shape index (κ2) is 13.8. The first-order valence-corrected chi connectivity index (χ1v) is 16.9. The second-order valence-corrected chi connectivity index (χ2v) is 12.4. The molecule has 1 aromatic heterocycles. The summed E-state index contributed by atoms with van der Waals surface area (Å²) in [5.74, 6) is 0. The van der Waals surface area contributed by atoms with E-state index in [4.69, 9.17) is 10.4 Å². The molecule has 236 valence electrons. The van der Waals surface area contributed by atoms with Gasteiger partial charge in [-0.2, -0.15) is 0 Å². The van der Waals surface area contributed by atoms with Gasteiger partial charge < -0.3 is 5.41 Å². The fourth-order valence-corrected chi connectivity index (χ4v) is 6.56. The summed E-state index contributed by atoms with van der Waals surface area (Å²) in [4.78, 5) is 5.21. The van der Waals surface area contributed by atoms with Crippen LogP contribution in [0.15, 0.2) is 200 Å². The number of hydrogen-bond acceptors (Lipinski definition) is 2. The zero-order valence-corrected chi connectivity index (χ0v) is 27.5. The van der Waals surface area contributed by atoms with E-state index in [0.717, 1.165) is 72.2 Å². The monoisotopic (exact) mass is 638 g/mol. The fraction of sp³-hybridized carbons (Fsp3) is 0. The van der Waals surface area contributed by atoms with Crippen LogP contribution in [-0.2, 0) is 0 Å². The molecule has 0 saturated carbocycles. The third-order valence-electron chi connectivity index (χ3n) is 9.12. The molecule has 0 aliphatic rings. The summed E-state index contributed by atoms with van der Waals surface area (Å²) in [6.45, 7) is 0. The minimum atomic E-state index is 0.474. The quantitative estimate of drug-likeness (QED) is 0.165. The highest BCUT2D eigenvalue weighted by molar-refractivity contribution is 6.13. The first-order valence-electron chi connectivity index (χ1n) is 16.9. The molecule has 0 saturated heterocycles. The number of hydrogen-bond donors (Lipinski definition) is 1. The molecule has 0 atom stereocenters. The molecule has 1 N–H and O–H groups in total. The lowest BCUT2D eigenvalue weighted by atomic mass is 9.89. The summed E-state index contributed by atoms with van der Waals surface area (Å²) in [7, 11) is 0. The van der Waals surface area contributed by atoms with Gasteiger partial charge in [-0.25, -0.2) is 4.98 Å². The van der Waals surface area contributed by atoms with E-state index in [1.807, 2.05) is 54.6 Å². The first kappa shape index (κ1) is 30.7. The van der Waals surface area contributed by atoms with Gasteiger partial charge in [0, 0.05) is 11.1 Å². The zero-order chi connectivity index (χ0) is 33.7. The smallest absolute Gasteiger partial charge is 0.0715 e. The molecule has 0 aliphatic heterocycles. The van der Waals surface area contributed by atoms with E-state index in [-0.39, 0.29) is 0 Å². The van der Waals surface area contributed by atoms with Crippen molar-refractivity contribution in [2.75, 3.05) is 0 Å². The number of aromatic nitrogens is 1. The third-order valence-corrected chi connectivity index (χ3v) is 9.12. The molecule has 0 radical (unpaired) electrons. The maximum atomic E-state index is 9.04. The fourth-order valence-electron chi connectivity index (χ4n) is 6.56. The Hall–Kier alpha value is -6.64. The highest BCUT2D eigenvalue weighted by Gasteiger charge is 2.14. The Bertz CT molecular complexity index is 2460. The third kappa shape index (κ3) is 6.43. The largest absolute Gasteiger partial charge is 0.300 e. The summed E-state index contributed by atoms with van der Waals surface area (Å²) in [6, 6.07) is 67.4. The molecule has 0 unspecified atom stereocenters. The van der Waals surface area contributed by atoms with Crippen LogP contribution in [0.2, 0.25) is 0 Å². The topological polar surface area (TPSA) is 36.7 Å². The molecule has 0 spiro atoms. The summed E-state index contributed by atoms with van der Waals surface area (Å²) in [5.41, 5.74) is 13.1. The van der Waals surface area contributed by atoms with Gasteiger partial charge in [-0.05, 0) is 85.6 Å². The average Bonchev–Trinajstić information content (AvgIpc) is 3.20. The molecule has 50 heavy (non-hydrogen) atoms. The molecule has 8 rings (SSSR count). The van der Waals surface area contributed by atoms with Gasteiger partial charge in [-0.15, -0.1) is 0 Å². The van der Waals surface area contributed by atoms with Crippen LogP contribution in [0.4, 0.5) is 0 Å². The minimum Gasteiger partial charge on any atom is -0.300 e. The van der Waals surface area contributed by atoms with E-state index in [9.17, 15) is 0 Å². The van der Waals surface area contributed by atoms with Crippen LogP contribution in [0.5, 0.6) is 0 Å². The maximum Gasteiger partial charge on any atom is 0.0715 e. The van der Waals surface area contributed by atoms with Crippen molar-refractivity contribution in [1.82, 2.24) is 4.98 Å². The molecule has 0 bridgehead atoms. The van der Waals surface area contributed by atoms with Gasteiger partial charge in [-0.1, -0.05) is 170 Å². The number of rotatable bonds is 8. The molecule has 1 heterocycles. The van der Waals surface area contributed by atoms with Crippen LogP contribution >= 0.6 is 0 Å². The number of nitrogens with zero attached hydrogens (tertiary/aromatic N) is 1. The van der Waals surface area contributed by atoms with Gasteiger partial charge >= 0.3 is 0 Å². The predicted octanol–water partition coefficient (Wildman–Crippen LogP) is 12.4. The second-order valence-electron chi connectivity index (χ2n) is 12.4. The highest BCUT2D eigenvalue weighted by Crippen LogP contribution is 2.36. The van der Waals surface area contributed by atoms with Gasteiger partial charge in [0.05, 0.1) is 17.1 Å². The number of allylic oxidation sites excluding steroid dienone is 1. The van der Waals surface area contributed by atoms with Crippen LogP contribution in [0.1, 0.15) is 16.7 Å². The van der Waals surface area contributed by atoms with Crippen molar-refractivity contribution in [3.05, 3.63) is 217 Å². The van der Waals surface area contributed by atoms with Crippen LogP contribution < -0.4 is 0 Å². The predicted molar refractivity (Wildman–Crippen MR) is 210 cm³/mol. The first-order chi connectivity index (χ1) is 24.7. The Kier molecular flexibility index (Phi) is 8.49. The van der Waals surface area contributed by atoms with Gasteiger partial charge in [0.25, 0.3) is 0 Å². The van der Waals surface area contributed by atoms with E-state index in [0.29, 0.717) is 5.71 Å². The molecular formula is C48H34N2. The number of benzene rings is 7. The average molecular weight is 639 g/mol. The van der Waals surface area contributed by atoms with Crippen molar-refractivity contribution >= 4 is 22.1 Å². The summed E-state index contributed by atoms with van der Waals surface area (Å²) in [6.07, 6.45) is 2.00. The Morgan fingerprint density at radius 3 is 1.64 bits per heavy atom. The van der Waals surface area contributed by atoms with Crippen molar-refractivity contribution in [3.63, 3.8) is 0 Å². The Labute approximate surface area is 293 Å². The van der Waals surface area contributed by atoms with E-state index in [2.05, 4.69) is 146 Å². The number of nitrogens with one attached hydrogen (secondary N) is 1. The van der Waals surface area contributed by atoms with E-state index in [1.165, 1.54) is 5.56 Å². The van der Waals surface area contributed by atoms with E-state index < -0.39 is 0 Å². The summed E-state index contributed by atoms with van der Waals surface area (Å²) >= 11 is 0. The van der Waals surface area contributed by atoms with Crippen molar-refractivity contribution < 1.29 is 0 Å². The van der Waals surface area contributed by atoms with Gasteiger partial charge in [0.1, 0.15) is 0 Å². The normalized spacial score (nSPS) is 11.4. The molecule has 2 heteroatoms. The Morgan fingerprint density at radius 2 is 0.940 bits per heavy atom. The van der Waals surface area contributed by atoms with Crippen molar-refractivity contribution in [3.8, 4) is 44.8 Å². The standard InChI is InChI=1S/C48H34N2/c49-46(37-19-9-3-10-20-37)33-45(35-17-7-2-8-18-35)43-26-14-23-36-27-28-40(30-44(36)43)42-31-47(38-21-11-4-12-22-38)50-48(32-42)41-25-13-24-39(29-41)34-15-5-1-6-16-34/h1-33,49H/b45-33-,49-46?. The van der Waals surface area contributed by atoms with E-state index >= 15 is 0 Å². The van der Waals surface area contributed by atoms with Gasteiger partial charge in [0.15, 0.2) is 0 Å². The lowest BCUT2D eigenvalue weighted by Gasteiger charge is -2.15. The van der Waals surface area contributed by atoms with Crippen molar-refractivity contribution in [1.29, 1.82) is 5.41 Å². The van der Waals surface area contributed by atoms with Crippen LogP contribution in [0.3, 0.4) is 0 Å². The van der Waals surface area contributed by atoms with E-state index in [1.54, 1.807) is 0 Å². The molecule has 8 aromatic rings. The molecule has 2 nitrogen and oxygen atoms in total. The molecule has 7 aromatic carbocycles. The number of pyridine rings is 1. The highest BCUT2D eigenvalue weighted by atomic mass is 14.7. The van der Waals surface area contributed by atoms with Crippen LogP contribution in [0.25, 0.3) is 61.1 Å². The Morgan fingerprint density at radius 1 is 0.400 bits per heavy atom. The molecular weight excluding hydrogens is 605 g/mol. The number of fused-ring (bicyclic) bond motifs is 1. The minimum absolute atomic E-state index is 0.474. The van der Waals surface area contributed by atoms with Gasteiger partial charge in [-0.3, -0.25) is 0 Å². The molecule has 0 amide bonds. The van der Waals surface area contributed by atoms with Crippen molar-refractivity contribution in [2.24, 2.45) is 0 Å². The SMILES string of the molecule is N=C(/C=C(/c1ccccc1)c1cccc2ccc(-c3cc(-c4ccccc4)nc(-c4cccc(-c5ccccc5)c4)c3)cc12)c1ccccc1. The zero-order valence-electron chi connectivity index (χ0n) is 27.5. The van der Waals surface area contributed by atoms with Crippen LogP contribution in [0, 0.1) is 5.41 Å². The molecule has 0 fully saturated rings.